The smallest absolute Gasteiger partial charge is 0.385 e. The van der Waals surface area contributed by atoms with Crippen LogP contribution in [0.25, 0.3) is 0 Å². The quantitative estimate of drug-likeness (QED) is 0.745. The van der Waals surface area contributed by atoms with Gasteiger partial charge in [-0.2, -0.15) is 10.2 Å². The zero-order chi connectivity index (χ0) is 11.6. The number of hydrogen-bond donors (Lipinski definition) is 0. The van der Waals surface area contributed by atoms with Crippen LogP contribution in [-0.2, 0) is 0 Å². The van der Waals surface area contributed by atoms with Crippen LogP contribution in [0.2, 0.25) is 0 Å². The van der Waals surface area contributed by atoms with Crippen molar-refractivity contribution in [3.63, 3.8) is 0 Å². The first-order valence-corrected chi connectivity index (χ1v) is 4.14. The molecule has 3 nitrogen and oxygen atoms in total. The third-order valence-electron chi connectivity index (χ3n) is 1.22. The summed E-state index contributed by atoms with van der Waals surface area (Å²) < 4.78 is 51.3. The molecule has 8 heteroatoms. The van der Waals surface area contributed by atoms with E-state index in [4.69, 9.17) is 5.26 Å². The normalized spacial score (nSPS) is 10.9. The lowest BCUT2D eigenvalue weighted by molar-refractivity contribution is -0.277. The van der Waals surface area contributed by atoms with Gasteiger partial charge in [-0.25, -0.2) is 4.39 Å². The highest BCUT2D eigenvalue weighted by molar-refractivity contribution is 9.10. The van der Waals surface area contributed by atoms with Crippen LogP contribution in [0.3, 0.4) is 0 Å². The summed E-state index contributed by atoms with van der Waals surface area (Å²) in [7, 11) is 0. The molecule has 0 radical (unpaired) electrons. The van der Waals surface area contributed by atoms with Crippen LogP contribution in [0.5, 0.6) is 5.88 Å². The molecule has 0 N–H and O–H groups in total. The van der Waals surface area contributed by atoms with E-state index in [1.165, 1.54) is 6.07 Å². The van der Waals surface area contributed by atoms with Crippen molar-refractivity contribution in [2.45, 2.75) is 6.36 Å². The second kappa shape index (κ2) is 4.02. The number of halogens is 5. The first kappa shape index (κ1) is 11.7. The van der Waals surface area contributed by atoms with E-state index in [0.717, 1.165) is 0 Å². The van der Waals surface area contributed by atoms with E-state index in [9.17, 15) is 17.6 Å². The number of nitrogens with zero attached hydrogens (tertiary/aromatic N) is 2. The van der Waals surface area contributed by atoms with Crippen LogP contribution in [0.15, 0.2) is 10.5 Å². The van der Waals surface area contributed by atoms with Crippen LogP contribution in [0.1, 0.15) is 5.69 Å². The Hall–Kier alpha value is -1.36. The Morgan fingerprint density at radius 2 is 2.07 bits per heavy atom. The van der Waals surface area contributed by atoms with Gasteiger partial charge in [-0.3, -0.25) is 0 Å². The summed E-state index contributed by atoms with van der Waals surface area (Å²) in [5, 5.41) is 8.43. The minimum Gasteiger partial charge on any atom is -0.385 e. The molecule has 0 amide bonds. The molecule has 0 bridgehead atoms. The topological polar surface area (TPSA) is 45.9 Å². The van der Waals surface area contributed by atoms with E-state index in [1.807, 2.05) is 0 Å². The first-order chi connectivity index (χ1) is 6.83. The molecular weight excluding hydrogens is 284 g/mol. The highest BCUT2D eigenvalue weighted by Crippen LogP contribution is 2.26. The lowest BCUT2D eigenvalue weighted by Gasteiger charge is -2.08. The van der Waals surface area contributed by atoms with E-state index in [2.05, 4.69) is 25.7 Å². The van der Waals surface area contributed by atoms with Crippen molar-refractivity contribution in [3.8, 4) is 11.9 Å². The molecule has 0 spiro atoms. The summed E-state index contributed by atoms with van der Waals surface area (Å²) in [6, 6.07) is 2.15. The summed E-state index contributed by atoms with van der Waals surface area (Å²) in [6.07, 6.45) is -5.05. The first-order valence-electron chi connectivity index (χ1n) is 3.35. The number of ether oxygens (including phenoxy) is 1. The molecule has 15 heavy (non-hydrogen) atoms. The Morgan fingerprint density at radius 3 is 2.53 bits per heavy atom. The van der Waals surface area contributed by atoms with Crippen LogP contribution in [-0.4, -0.2) is 11.3 Å². The van der Waals surface area contributed by atoms with Gasteiger partial charge < -0.3 is 4.74 Å². The maximum absolute atomic E-state index is 12.9. The van der Waals surface area contributed by atoms with Crippen LogP contribution in [0, 0.1) is 17.1 Å². The molecular formula is C7HBrF4N2O. The largest absolute Gasteiger partial charge is 0.574 e. The Morgan fingerprint density at radius 1 is 1.47 bits per heavy atom. The second-order valence-electron chi connectivity index (χ2n) is 2.27. The average Bonchev–Trinajstić information content (AvgIpc) is 2.07. The molecule has 0 aliphatic rings. The molecule has 0 aliphatic carbocycles. The van der Waals surface area contributed by atoms with E-state index < -0.39 is 23.8 Å². The van der Waals surface area contributed by atoms with Crippen LogP contribution in [0.4, 0.5) is 17.6 Å². The molecule has 0 aromatic carbocycles. The second-order valence-corrected chi connectivity index (χ2v) is 3.12. The van der Waals surface area contributed by atoms with Crippen LogP contribution < -0.4 is 4.74 Å². The van der Waals surface area contributed by atoms with Crippen molar-refractivity contribution in [1.29, 1.82) is 5.26 Å². The third kappa shape index (κ3) is 3.06. The maximum atomic E-state index is 12.9. The molecule has 1 aromatic rings. The minimum absolute atomic E-state index is 0.0444. The SMILES string of the molecule is N#Cc1nc(OC(F)(F)F)c(F)cc1Br. The summed E-state index contributed by atoms with van der Waals surface area (Å²) in [4.78, 5) is 3.05. The molecule has 0 fully saturated rings. The van der Waals surface area contributed by atoms with Gasteiger partial charge in [-0.15, -0.1) is 13.2 Å². The molecule has 0 aliphatic heterocycles. The van der Waals surface area contributed by atoms with E-state index in [-0.39, 0.29) is 4.47 Å². The van der Waals surface area contributed by atoms with Crippen molar-refractivity contribution in [3.05, 3.63) is 22.1 Å². The number of nitriles is 1. The Balaban J connectivity index is 3.15. The van der Waals surface area contributed by atoms with Gasteiger partial charge >= 0.3 is 6.36 Å². The zero-order valence-electron chi connectivity index (χ0n) is 6.77. The molecule has 1 aromatic heterocycles. The molecule has 80 valence electrons. The van der Waals surface area contributed by atoms with Gasteiger partial charge in [0, 0.05) is 0 Å². The Bertz CT molecular complexity index is 426. The minimum atomic E-state index is -5.05. The lowest BCUT2D eigenvalue weighted by atomic mass is 10.3. The predicted molar refractivity (Wildman–Crippen MR) is 43.3 cm³/mol. The van der Waals surface area contributed by atoms with Gasteiger partial charge in [-0.1, -0.05) is 0 Å². The van der Waals surface area contributed by atoms with Crippen molar-refractivity contribution in [2.24, 2.45) is 0 Å². The van der Waals surface area contributed by atoms with Gasteiger partial charge in [0.15, 0.2) is 11.5 Å². The van der Waals surface area contributed by atoms with Crippen molar-refractivity contribution in [2.75, 3.05) is 0 Å². The molecule has 1 rings (SSSR count). The number of alkyl halides is 3. The van der Waals surface area contributed by atoms with Gasteiger partial charge in [-0.05, 0) is 22.0 Å². The average molecular weight is 285 g/mol. The maximum Gasteiger partial charge on any atom is 0.574 e. The molecule has 0 atom stereocenters. The van der Waals surface area contributed by atoms with Crippen molar-refractivity contribution < 1.29 is 22.3 Å². The summed E-state index contributed by atoms with van der Waals surface area (Å²) in [6.45, 7) is 0. The van der Waals surface area contributed by atoms with Crippen molar-refractivity contribution in [1.82, 2.24) is 4.98 Å². The van der Waals surface area contributed by atoms with E-state index in [1.54, 1.807) is 0 Å². The fourth-order valence-corrected chi connectivity index (χ4v) is 1.09. The molecule has 0 saturated carbocycles. The molecule has 0 unspecified atom stereocenters. The fourth-order valence-electron chi connectivity index (χ4n) is 0.709. The highest BCUT2D eigenvalue weighted by Gasteiger charge is 2.33. The van der Waals surface area contributed by atoms with Gasteiger partial charge in [0.2, 0.25) is 0 Å². The van der Waals surface area contributed by atoms with E-state index in [0.29, 0.717) is 6.07 Å². The predicted octanol–water partition coefficient (Wildman–Crippen LogP) is 2.75. The van der Waals surface area contributed by atoms with Gasteiger partial charge in [0.05, 0.1) is 4.47 Å². The Kier molecular flexibility index (Phi) is 3.14. The summed E-state index contributed by atoms with van der Waals surface area (Å²) in [5.74, 6) is -2.58. The fraction of sp³-hybridized carbons (Fsp3) is 0.143. The monoisotopic (exact) mass is 284 g/mol. The number of rotatable bonds is 1. The zero-order valence-corrected chi connectivity index (χ0v) is 8.36. The summed E-state index contributed by atoms with van der Waals surface area (Å²) >= 11 is 2.76. The summed E-state index contributed by atoms with van der Waals surface area (Å²) in [5.41, 5.74) is -0.393. The molecule has 0 saturated heterocycles. The van der Waals surface area contributed by atoms with Gasteiger partial charge in [0.1, 0.15) is 6.07 Å². The van der Waals surface area contributed by atoms with Gasteiger partial charge in [0.25, 0.3) is 5.88 Å². The van der Waals surface area contributed by atoms with Crippen molar-refractivity contribution >= 4 is 15.9 Å². The Labute approximate surface area is 89.4 Å². The molecule has 1 heterocycles. The van der Waals surface area contributed by atoms with E-state index >= 15 is 0 Å². The number of aromatic nitrogens is 1. The standard InChI is InChI=1S/C7HBrF4N2O/c8-3-1-4(9)6(14-5(3)2-13)15-7(10,11)12/h1H. The highest BCUT2D eigenvalue weighted by atomic mass is 79.9. The number of hydrogen-bond acceptors (Lipinski definition) is 3. The third-order valence-corrected chi connectivity index (χ3v) is 1.82. The number of pyridine rings is 1. The lowest BCUT2D eigenvalue weighted by Crippen LogP contribution is -2.19. The van der Waals surface area contributed by atoms with Crippen LogP contribution >= 0.6 is 15.9 Å².